The molecular weight excluding hydrogens is 250 g/mol. The van der Waals surface area contributed by atoms with E-state index in [4.69, 9.17) is 11.6 Å². The fourth-order valence-electron chi connectivity index (χ4n) is 2.47. The lowest BCUT2D eigenvalue weighted by molar-refractivity contribution is 0.501. The summed E-state index contributed by atoms with van der Waals surface area (Å²) in [5.74, 6) is 0.619. The van der Waals surface area contributed by atoms with Crippen molar-refractivity contribution in [2.75, 3.05) is 5.32 Å². The van der Waals surface area contributed by atoms with Crippen molar-refractivity contribution in [1.82, 2.24) is 9.78 Å². The molecule has 1 aliphatic rings. The van der Waals surface area contributed by atoms with E-state index in [0.717, 1.165) is 6.42 Å². The van der Waals surface area contributed by atoms with Gasteiger partial charge in [-0.25, -0.2) is 4.68 Å². The van der Waals surface area contributed by atoms with Crippen LogP contribution in [0.15, 0.2) is 11.0 Å². The maximum Gasteiger partial charge on any atom is 0.287 e. The molecule has 5 heteroatoms. The highest BCUT2D eigenvalue weighted by Gasteiger charge is 2.24. The Morgan fingerprint density at radius 2 is 2.22 bits per heavy atom. The molecule has 1 N–H and O–H groups in total. The Bertz CT molecular complexity index is 484. The maximum absolute atomic E-state index is 12.0. The second kappa shape index (κ2) is 5.31. The summed E-state index contributed by atoms with van der Waals surface area (Å²) >= 11 is 6.13. The first-order chi connectivity index (χ1) is 8.50. The van der Waals surface area contributed by atoms with Gasteiger partial charge in [-0.15, -0.1) is 0 Å². The molecule has 1 aliphatic carbocycles. The van der Waals surface area contributed by atoms with Crippen LogP contribution in [-0.4, -0.2) is 15.8 Å². The predicted octanol–water partition coefficient (Wildman–Crippen LogP) is 3.08. The Balaban J connectivity index is 2.24. The molecule has 0 bridgehead atoms. The minimum absolute atomic E-state index is 0.0226. The number of nitrogens with one attached hydrogen (secondary N) is 1. The zero-order valence-corrected chi connectivity index (χ0v) is 11.9. The molecular formula is C13H20ClN3O. The SMILES string of the molecule is CC1CCCC1Nc1cnn(C(C)C)c(=O)c1Cl. The van der Waals surface area contributed by atoms with E-state index < -0.39 is 0 Å². The molecule has 1 aromatic heterocycles. The van der Waals surface area contributed by atoms with Crippen LogP contribution in [0.4, 0.5) is 5.69 Å². The van der Waals surface area contributed by atoms with Crippen LogP contribution in [0.2, 0.25) is 5.02 Å². The Hall–Kier alpha value is -1.03. The van der Waals surface area contributed by atoms with Gasteiger partial charge >= 0.3 is 0 Å². The summed E-state index contributed by atoms with van der Waals surface area (Å²) in [4.78, 5) is 12.0. The molecule has 0 aliphatic heterocycles. The molecule has 1 aromatic rings. The van der Waals surface area contributed by atoms with Gasteiger partial charge in [0.2, 0.25) is 0 Å². The molecule has 0 saturated heterocycles. The van der Waals surface area contributed by atoms with Gasteiger partial charge in [0, 0.05) is 6.04 Å². The molecule has 1 heterocycles. The number of rotatable bonds is 3. The van der Waals surface area contributed by atoms with Gasteiger partial charge in [-0.05, 0) is 32.6 Å². The fraction of sp³-hybridized carbons (Fsp3) is 0.692. The predicted molar refractivity (Wildman–Crippen MR) is 74.3 cm³/mol. The zero-order valence-electron chi connectivity index (χ0n) is 11.1. The molecule has 0 spiro atoms. The van der Waals surface area contributed by atoms with Gasteiger partial charge in [-0.2, -0.15) is 5.10 Å². The van der Waals surface area contributed by atoms with Crippen molar-refractivity contribution in [1.29, 1.82) is 0 Å². The van der Waals surface area contributed by atoms with Gasteiger partial charge < -0.3 is 5.32 Å². The normalized spacial score (nSPS) is 23.6. The molecule has 18 heavy (non-hydrogen) atoms. The van der Waals surface area contributed by atoms with Gasteiger partial charge in [0.15, 0.2) is 0 Å². The van der Waals surface area contributed by atoms with E-state index in [9.17, 15) is 4.79 Å². The van der Waals surface area contributed by atoms with Crippen LogP contribution < -0.4 is 10.9 Å². The van der Waals surface area contributed by atoms with Crippen molar-refractivity contribution in [3.05, 3.63) is 21.6 Å². The van der Waals surface area contributed by atoms with Crippen LogP contribution in [0.1, 0.15) is 46.1 Å². The van der Waals surface area contributed by atoms with Crippen molar-refractivity contribution in [3.8, 4) is 0 Å². The Morgan fingerprint density at radius 1 is 1.50 bits per heavy atom. The summed E-state index contributed by atoms with van der Waals surface area (Å²) in [5.41, 5.74) is 0.444. The zero-order chi connectivity index (χ0) is 13.3. The summed E-state index contributed by atoms with van der Waals surface area (Å²) in [6, 6.07) is 0.424. The van der Waals surface area contributed by atoms with E-state index in [1.54, 1.807) is 6.20 Å². The summed E-state index contributed by atoms with van der Waals surface area (Å²) in [6.07, 6.45) is 5.25. The Morgan fingerprint density at radius 3 is 2.78 bits per heavy atom. The molecule has 100 valence electrons. The Labute approximate surface area is 112 Å². The van der Waals surface area contributed by atoms with E-state index in [1.165, 1.54) is 17.5 Å². The number of halogens is 1. The van der Waals surface area contributed by atoms with E-state index >= 15 is 0 Å². The highest BCUT2D eigenvalue weighted by molar-refractivity contribution is 6.32. The first-order valence-electron chi connectivity index (χ1n) is 6.54. The van der Waals surface area contributed by atoms with Crippen LogP contribution in [0.3, 0.4) is 0 Å². The highest BCUT2D eigenvalue weighted by atomic mass is 35.5. The lowest BCUT2D eigenvalue weighted by Crippen LogP contribution is -2.28. The third kappa shape index (κ3) is 2.53. The largest absolute Gasteiger partial charge is 0.379 e. The van der Waals surface area contributed by atoms with Crippen LogP contribution in [0.5, 0.6) is 0 Å². The molecule has 0 aromatic carbocycles. The minimum atomic E-state index is -0.220. The maximum atomic E-state index is 12.0. The van der Waals surface area contributed by atoms with Crippen molar-refractivity contribution in [2.24, 2.45) is 5.92 Å². The first-order valence-corrected chi connectivity index (χ1v) is 6.92. The minimum Gasteiger partial charge on any atom is -0.379 e. The molecule has 1 saturated carbocycles. The molecule has 1 fully saturated rings. The van der Waals surface area contributed by atoms with Gasteiger partial charge in [-0.3, -0.25) is 4.79 Å². The number of nitrogens with zero attached hydrogens (tertiary/aromatic N) is 2. The average Bonchev–Trinajstić information content (AvgIpc) is 2.70. The molecule has 2 unspecified atom stereocenters. The van der Waals surface area contributed by atoms with E-state index in [-0.39, 0.29) is 16.6 Å². The topological polar surface area (TPSA) is 46.9 Å². The van der Waals surface area contributed by atoms with E-state index in [2.05, 4.69) is 17.3 Å². The summed E-state index contributed by atoms with van der Waals surface area (Å²) in [5, 5.41) is 7.77. The van der Waals surface area contributed by atoms with Crippen LogP contribution >= 0.6 is 11.6 Å². The monoisotopic (exact) mass is 269 g/mol. The molecule has 2 rings (SSSR count). The van der Waals surface area contributed by atoms with Gasteiger partial charge in [0.1, 0.15) is 5.02 Å². The van der Waals surface area contributed by atoms with Crippen molar-refractivity contribution < 1.29 is 0 Å². The summed E-state index contributed by atoms with van der Waals surface area (Å²) in [6.45, 7) is 6.05. The lowest BCUT2D eigenvalue weighted by Gasteiger charge is -2.19. The Kier molecular flexibility index (Phi) is 3.95. The van der Waals surface area contributed by atoms with Crippen molar-refractivity contribution in [3.63, 3.8) is 0 Å². The molecule has 0 amide bonds. The second-order valence-corrected chi connectivity index (χ2v) is 5.75. The van der Waals surface area contributed by atoms with E-state index in [0.29, 0.717) is 17.6 Å². The van der Waals surface area contributed by atoms with Gasteiger partial charge in [0.05, 0.1) is 17.9 Å². The number of hydrogen-bond donors (Lipinski definition) is 1. The highest BCUT2D eigenvalue weighted by Crippen LogP contribution is 2.29. The van der Waals surface area contributed by atoms with E-state index in [1.807, 2.05) is 13.8 Å². The van der Waals surface area contributed by atoms with Crippen molar-refractivity contribution >= 4 is 17.3 Å². The molecule has 4 nitrogen and oxygen atoms in total. The number of hydrogen-bond acceptors (Lipinski definition) is 3. The average molecular weight is 270 g/mol. The van der Waals surface area contributed by atoms with Gasteiger partial charge in [0.25, 0.3) is 5.56 Å². The smallest absolute Gasteiger partial charge is 0.287 e. The summed E-state index contributed by atoms with van der Waals surface area (Å²) in [7, 11) is 0. The van der Waals surface area contributed by atoms with Crippen LogP contribution in [-0.2, 0) is 0 Å². The fourth-order valence-corrected chi connectivity index (χ4v) is 2.66. The number of aromatic nitrogens is 2. The summed E-state index contributed by atoms with van der Waals surface area (Å²) < 4.78 is 1.41. The quantitative estimate of drug-likeness (QED) is 0.917. The molecule has 2 atom stereocenters. The number of anilines is 1. The lowest BCUT2D eigenvalue weighted by atomic mass is 10.1. The standard InChI is InChI=1S/C13H20ClN3O/c1-8(2)17-13(18)12(14)11(7-15-17)16-10-6-4-5-9(10)3/h7-10,16H,4-6H2,1-3H3. The van der Waals surface area contributed by atoms with Crippen molar-refractivity contribution in [2.45, 2.75) is 52.1 Å². The third-order valence-electron chi connectivity index (χ3n) is 3.64. The van der Waals surface area contributed by atoms with Crippen LogP contribution in [0.25, 0.3) is 0 Å². The van der Waals surface area contributed by atoms with Crippen LogP contribution in [0, 0.1) is 5.92 Å². The molecule has 0 radical (unpaired) electrons. The first kappa shape index (κ1) is 13.4. The second-order valence-electron chi connectivity index (χ2n) is 5.37. The third-order valence-corrected chi connectivity index (χ3v) is 4.00. The van der Waals surface area contributed by atoms with Gasteiger partial charge in [-0.1, -0.05) is 24.9 Å².